The zero-order valence-electron chi connectivity index (χ0n) is 15.9. The number of nitrogens with one attached hydrogen (secondary N) is 1. The predicted molar refractivity (Wildman–Crippen MR) is 104 cm³/mol. The molecule has 0 saturated carbocycles. The number of esters is 1. The van der Waals surface area contributed by atoms with E-state index in [9.17, 15) is 9.59 Å². The summed E-state index contributed by atoms with van der Waals surface area (Å²) in [5.41, 5.74) is 0.612. The van der Waals surface area contributed by atoms with Crippen molar-refractivity contribution in [3.05, 3.63) is 35.0 Å². The van der Waals surface area contributed by atoms with Crippen LogP contribution in [0.2, 0.25) is 5.02 Å². The first-order chi connectivity index (χ1) is 12.0. The molecule has 0 fully saturated rings. The number of carbonyl (C=O) groups is 2. The zero-order chi connectivity index (χ0) is 19.5. The number of H-pyrrole nitrogens is 1. The molecule has 0 atom stereocenters. The van der Waals surface area contributed by atoms with Crippen molar-refractivity contribution < 1.29 is 14.3 Å². The van der Waals surface area contributed by atoms with E-state index in [0.29, 0.717) is 23.8 Å². The van der Waals surface area contributed by atoms with Crippen molar-refractivity contribution in [2.75, 3.05) is 33.7 Å². The van der Waals surface area contributed by atoms with Crippen LogP contribution < -0.4 is 0 Å². The van der Waals surface area contributed by atoms with E-state index in [1.807, 2.05) is 25.1 Å². The first kappa shape index (κ1) is 20.3. The normalized spacial score (nSPS) is 11.8. The van der Waals surface area contributed by atoms with Crippen molar-refractivity contribution in [1.29, 1.82) is 0 Å². The van der Waals surface area contributed by atoms with Gasteiger partial charge in [-0.3, -0.25) is 9.59 Å². The molecule has 1 amide bonds. The highest BCUT2D eigenvalue weighted by atomic mass is 35.5. The monoisotopic (exact) mass is 379 g/mol. The predicted octanol–water partition coefficient (Wildman–Crippen LogP) is 3.17. The third-order valence-corrected chi connectivity index (χ3v) is 3.89. The number of hydrogen-bond donors (Lipinski definition) is 1. The quantitative estimate of drug-likeness (QED) is 0.783. The average molecular weight is 380 g/mol. The molecule has 0 aliphatic carbocycles. The number of hydrogen-bond acceptors (Lipinski definition) is 4. The molecular weight excluding hydrogens is 354 g/mol. The number of likely N-dealkylation sites (N-methyl/N-ethyl adjacent to an activating group) is 1. The summed E-state index contributed by atoms with van der Waals surface area (Å²) in [6.07, 6.45) is 0. The van der Waals surface area contributed by atoms with Crippen LogP contribution in [0.5, 0.6) is 0 Å². The van der Waals surface area contributed by atoms with E-state index in [0.717, 1.165) is 10.9 Å². The number of fused-ring (bicyclic) bond motifs is 1. The van der Waals surface area contributed by atoms with Crippen molar-refractivity contribution in [3.8, 4) is 0 Å². The minimum Gasteiger partial charge on any atom is -0.459 e. The maximum absolute atomic E-state index is 12.9. The number of aromatic nitrogens is 1. The molecule has 0 unspecified atom stereocenters. The van der Waals surface area contributed by atoms with Gasteiger partial charge in [0.1, 0.15) is 17.8 Å². The lowest BCUT2D eigenvalue weighted by Crippen LogP contribution is -2.42. The summed E-state index contributed by atoms with van der Waals surface area (Å²) in [5.74, 6) is -0.672. The Morgan fingerprint density at radius 2 is 1.85 bits per heavy atom. The molecule has 6 nitrogen and oxygen atoms in total. The van der Waals surface area contributed by atoms with Crippen molar-refractivity contribution >= 4 is 34.4 Å². The molecule has 1 aromatic carbocycles. The third kappa shape index (κ3) is 5.75. The molecule has 0 aliphatic heterocycles. The molecule has 0 spiro atoms. The maximum atomic E-state index is 12.9. The van der Waals surface area contributed by atoms with Gasteiger partial charge < -0.3 is 19.5 Å². The van der Waals surface area contributed by atoms with Gasteiger partial charge >= 0.3 is 5.97 Å². The van der Waals surface area contributed by atoms with Gasteiger partial charge in [-0.15, -0.1) is 0 Å². The fourth-order valence-electron chi connectivity index (χ4n) is 2.49. The lowest BCUT2D eigenvalue weighted by molar-refractivity contribution is -0.155. The van der Waals surface area contributed by atoms with Gasteiger partial charge in [0.05, 0.1) is 0 Å². The number of rotatable bonds is 6. The van der Waals surface area contributed by atoms with Crippen LogP contribution in [0.3, 0.4) is 0 Å². The number of halogens is 1. The summed E-state index contributed by atoms with van der Waals surface area (Å²) < 4.78 is 5.36. The van der Waals surface area contributed by atoms with Crippen LogP contribution in [0.15, 0.2) is 24.3 Å². The summed E-state index contributed by atoms with van der Waals surface area (Å²) >= 11 is 6.00. The van der Waals surface area contributed by atoms with Crippen molar-refractivity contribution in [3.63, 3.8) is 0 Å². The van der Waals surface area contributed by atoms with E-state index in [1.165, 1.54) is 4.90 Å². The van der Waals surface area contributed by atoms with Crippen LogP contribution in [0, 0.1) is 0 Å². The lowest BCUT2D eigenvalue weighted by Gasteiger charge is -2.26. The zero-order valence-corrected chi connectivity index (χ0v) is 16.7. The molecular formula is C19H26ClN3O3. The second-order valence-corrected chi connectivity index (χ2v) is 7.97. The second kappa shape index (κ2) is 8.10. The highest BCUT2D eigenvalue weighted by molar-refractivity contribution is 6.31. The standard InChI is InChI=1S/C19H26ClN3O3/c1-19(2,3)26-17(24)12-23(9-8-22(4)5)18(25)16-10-13-6-7-14(20)11-15(13)21-16/h6-7,10-11,21H,8-9,12H2,1-5H3. The van der Waals surface area contributed by atoms with Crippen molar-refractivity contribution in [2.45, 2.75) is 26.4 Å². The van der Waals surface area contributed by atoms with Crippen LogP contribution >= 0.6 is 11.6 Å². The summed E-state index contributed by atoms with van der Waals surface area (Å²) in [7, 11) is 3.84. The molecule has 2 aromatic rings. The highest BCUT2D eigenvalue weighted by Crippen LogP contribution is 2.21. The Kier molecular flexibility index (Phi) is 6.31. The molecule has 1 N–H and O–H groups in total. The van der Waals surface area contributed by atoms with E-state index < -0.39 is 11.6 Å². The molecule has 26 heavy (non-hydrogen) atoms. The SMILES string of the molecule is CN(C)CCN(CC(=O)OC(C)(C)C)C(=O)c1cc2ccc(Cl)cc2[nH]1. The van der Waals surface area contributed by atoms with E-state index in [2.05, 4.69) is 4.98 Å². The minimum absolute atomic E-state index is 0.0972. The van der Waals surface area contributed by atoms with Gasteiger partial charge in [0.25, 0.3) is 5.91 Å². The van der Waals surface area contributed by atoms with Crippen LogP contribution in [0.4, 0.5) is 0 Å². The number of aromatic amines is 1. The van der Waals surface area contributed by atoms with Gasteiger partial charge in [0.2, 0.25) is 0 Å². The average Bonchev–Trinajstić information content (AvgIpc) is 2.91. The van der Waals surface area contributed by atoms with Crippen molar-refractivity contribution in [1.82, 2.24) is 14.8 Å². The molecule has 0 saturated heterocycles. The molecule has 1 heterocycles. The van der Waals surface area contributed by atoms with Gasteiger partial charge in [-0.1, -0.05) is 17.7 Å². The highest BCUT2D eigenvalue weighted by Gasteiger charge is 2.24. The molecule has 1 aromatic heterocycles. The maximum Gasteiger partial charge on any atom is 0.326 e. The first-order valence-electron chi connectivity index (χ1n) is 8.49. The van der Waals surface area contributed by atoms with Crippen LogP contribution in [-0.4, -0.2) is 66.0 Å². The van der Waals surface area contributed by atoms with Gasteiger partial charge in [0.15, 0.2) is 0 Å². The number of benzene rings is 1. The Morgan fingerprint density at radius 1 is 1.15 bits per heavy atom. The number of ether oxygens (including phenoxy) is 1. The summed E-state index contributed by atoms with van der Waals surface area (Å²) in [4.78, 5) is 31.7. The molecule has 142 valence electrons. The van der Waals surface area contributed by atoms with Gasteiger partial charge in [-0.25, -0.2) is 0 Å². The van der Waals surface area contributed by atoms with Crippen LogP contribution in [0.1, 0.15) is 31.3 Å². The van der Waals surface area contributed by atoms with E-state index in [-0.39, 0.29) is 12.5 Å². The molecule has 2 rings (SSSR count). The number of nitrogens with zero attached hydrogens (tertiary/aromatic N) is 2. The smallest absolute Gasteiger partial charge is 0.326 e. The molecule has 0 radical (unpaired) electrons. The Labute approximate surface area is 159 Å². The molecule has 0 bridgehead atoms. The summed E-state index contributed by atoms with van der Waals surface area (Å²) in [6.45, 7) is 6.37. The lowest BCUT2D eigenvalue weighted by atomic mass is 10.2. The summed E-state index contributed by atoms with van der Waals surface area (Å²) in [5, 5.41) is 1.49. The van der Waals surface area contributed by atoms with Crippen LogP contribution in [0.25, 0.3) is 10.9 Å². The first-order valence-corrected chi connectivity index (χ1v) is 8.87. The molecule has 7 heteroatoms. The second-order valence-electron chi connectivity index (χ2n) is 7.53. The minimum atomic E-state index is -0.592. The fraction of sp³-hybridized carbons (Fsp3) is 0.474. The number of amides is 1. The molecule has 0 aliphatic rings. The van der Waals surface area contributed by atoms with Gasteiger partial charge in [0, 0.05) is 29.0 Å². The van der Waals surface area contributed by atoms with Gasteiger partial charge in [-0.05, 0) is 53.1 Å². The van der Waals surface area contributed by atoms with Gasteiger partial charge in [-0.2, -0.15) is 0 Å². The number of carbonyl (C=O) groups excluding carboxylic acids is 2. The Balaban J connectivity index is 2.21. The Morgan fingerprint density at radius 3 is 2.46 bits per heavy atom. The fourth-order valence-corrected chi connectivity index (χ4v) is 2.66. The largest absolute Gasteiger partial charge is 0.459 e. The Hall–Kier alpha value is -2.05. The van der Waals surface area contributed by atoms with Crippen LogP contribution in [-0.2, 0) is 9.53 Å². The van der Waals surface area contributed by atoms with E-state index >= 15 is 0 Å². The topological polar surface area (TPSA) is 65.6 Å². The van der Waals surface area contributed by atoms with E-state index in [4.69, 9.17) is 16.3 Å². The Bertz CT molecular complexity index is 793. The van der Waals surface area contributed by atoms with Crippen molar-refractivity contribution in [2.24, 2.45) is 0 Å². The summed E-state index contributed by atoms with van der Waals surface area (Å²) in [6, 6.07) is 7.16. The third-order valence-electron chi connectivity index (χ3n) is 3.66. The van der Waals surface area contributed by atoms with E-state index in [1.54, 1.807) is 39.0 Å².